The van der Waals surface area contributed by atoms with Crippen molar-refractivity contribution in [2.75, 3.05) is 0 Å². The monoisotopic (exact) mass is 271 g/mol. The Morgan fingerprint density at radius 3 is 2.45 bits per heavy atom. The molecule has 108 valence electrons. The van der Waals surface area contributed by atoms with Crippen LogP contribution in [0.1, 0.15) is 41.3 Å². The molecule has 1 unspecified atom stereocenters. The van der Waals surface area contributed by atoms with Gasteiger partial charge in [-0.25, -0.2) is 4.98 Å². The molecule has 20 heavy (non-hydrogen) atoms. The number of nitrogens with two attached hydrogens (primary N) is 1. The lowest BCUT2D eigenvalue weighted by Crippen LogP contribution is -2.21. The van der Waals surface area contributed by atoms with Gasteiger partial charge in [0.1, 0.15) is 0 Å². The van der Waals surface area contributed by atoms with Gasteiger partial charge in [-0.15, -0.1) is 0 Å². The molecule has 1 aromatic heterocycles. The third kappa shape index (κ3) is 3.48. The van der Waals surface area contributed by atoms with Crippen LogP contribution in [-0.2, 0) is 13.0 Å². The van der Waals surface area contributed by atoms with E-state index in [1.807, 2.05) is 6.33 Å². The topological polar surface area (TPSA) is 43.8 Å². The molecule has 0 aliphatic heterocycles. The highest BCUT2D eigenvalue weighted by Crippen LogP contribution is 2.18. The van der Waals surface area contributed by atoms with E-state index in [1.165, 1.54) is 22.3 Å². The Hall–Kier alpha value is -1.61. The summed E-state index contributed by atoms with van der Waals surface area (Å²) >= 11 is 0. The van der Waals surface area contributed by atoms with E-state index in [2.05, 4.69) is 55.6 Å². The molecule has 2 aromatic rings. The highest BCUT2D eigenvalue weighted by Gasteiger charge is 2.08. The summed E-state index contributed by atoms with van der Waals surface area (Å²) in [7, 11) is 0. The molecule has 0 amide bonds. The Balaban J connectivity index is 2.15. The molecule has 2 N–H and O–H groups in total. The second kappa shape index (κ2) is 6.23. The smallest absolute Gasteiger partial charge is 0.0952 e. The number of imidazole rings is 1. The lowest BCUT2D eigenvalue weighted by atomic mass is 10.00. The molecule has 0 radical (unpaired) electrons. The SMILES string of the molecule is CCC(N)Cc1cn(Cc2c(C)cc(C)cc2C)cn1. The molecule has 1 atom stereocenters. The zero-order valence-electron chi connectivity index (χ0n) is 13.0. The van der Waals surface area contributed by atoms with Crippen LogP contribution in [0, 0.1) is 20.8 Å². The van der Waals surface area contributed by atoms with E-state index in [0.717, 1.165) is 25.1 Å². The van der Waals surface area contributed by atoms with E-state index in [0.29, 0.717) is 0 Å². The van der Waals surface area contributed by atoms with Crippen LogP contribution in [0.2, 0.25) is 0 Å². The first-order chi connectivity index (χ1) is 9.49. The second-order valence-corrected chi connectivity index (χ2v) is 5.79. The molecule has 0 fully saturated rings. The number of benzene rings is 1. The number of hydrogen-bond donors (Lipinski definition) is 1. The van der Waals surface area contributed by atoms with Gasteiger partial charge in [-0.3, -0.25) is 0 Å². The molecule has 0 bridgehead atoms. The minimum Gasteiger partial charge on any atom is -0.333 e. The predicted octanol–water partition coefficient (Wildman–Crippen LogP) is 3.14. The van der Waals surface area contributed by atoms with Gasteiger partial charge in [0.25, 0.3) is 0 Å². The first kappa shape index (κ1) is 14.8. The van der Waals surface area contributed by atoms with E-state index in [9.17, 15) is 0 Å². The number of aromatic nitrogens is 2. The van der Waals surface area contributed by atoms with Gasteiger partial charge in [-0.1, -0.05) is 24.6 Å². The normalized spacial score (nSPS) is 12.7. The Morgan fingerprint density at radius 1 is 1.20 bits per heavy atom. The van der Waals surface area contributed by atoms with Crippen molar-refractivity contribution in [2.24, 2.45) is 5.73 Å². The van der Waals surface area contributed by atoms with Gasteiger partial charge in [0.05, 0.1) is 12.0 Å². The average molecular weight is 271 g/mol. The zero-order chi connectivity index (χ0) is 14.7. The summed E-state index contributed by atoms with van der Waals surface area (Å²) in [4.78, 5) is 4.46. The van der Waals surface area contributed by atoms with Crippen LogP contribution in [0.25, 0.3) is 0 Å². The highest BCUT2D eigenvalue weighted by atomic mass is 15.0. The van der Waals surface area contributed by atoms with Gasteiger partial charge in [0, 0.05) is 25.2 Å². The molecule has 0 saturated carbocycles. The van der Waals surface area contributed by atoms with E-state index in [4.69, 9.17) is 5.73 Å². The van der Waals surface area contributed by atoms with Crippen LogP contribution in [0.3, 0.4) is 0 Å². The summed E-state index contributed by atoms with van der Waals surface area (Å²) < 4.78 is 2.16. The summed E-state index contributed by atoms with van der Waals surface area (Å²) in [6, 6.07) is 4.70. The number of nitrogens with zero attached hydrogens (tertiary/aromatic N) is 2. The van der Waals surface area contributed by atoms with Gasteiger partial charge in [0.15, 0.2) is 0 Å². The molecule has 2 rings (SSSR count). The van der Waals surface area contributed by atoms with Crippen LogP contribution in [0.4, 0.5) is 0 Å². The standard InChI is InChI=1S/C17H25N3/c1-5-15(18)8-16-9-20(11-19-16)10-17-13(3)6-12(2)7-14(17)4/h6-7,9,11,15H,5,8,10,18H2,1-4H3. The summed E-state index contributed by atoms with van der Waals surface area (Å²) in [6.45, 7) is 9.50. The van der Waals surface area contributed by atoms with Crippen molar-refractivity contribution in [2.45, 2.75) is 53.1 Å². The maximum absolute atomic E-state index is 5.98. The molecule has 0 spiro atoms. The van der Waals surface area contributed by atoms with E-state index >= 15 is 0 Å². The Morgan fingerprint density at radius 2 is 1.85 bits per heavy atom. The van der Waals surface area contributed by atoms with Gasteiger partial charge in [-0.2, -0.15) is 0 Å². The lowest BCUT2D eigenvalue weighted by Gasteiger charge is -2.12. The van der Waals surface area contributed by atoms with Crippen molar-refractivity contribution in [1.29, 1.82) is 0 Å². The number of hydrogen-bond acceptors (Lipinski definition) is 2. The zero-order valence-corrected chi connectivity index (χ0v) is 13.0. The van der Waals surface area contributed by atoms with Crippen LogP contribution >= 0.6 is 0 Å². The Labute approximate surface area is 121 Å². The quantitative estimate of drug-likeness (QED) is 0.908. The molecule has 1 aromatic carbocycles. The fourth-order valence-corrected chi connectivity index (χ4v) is 2.65. The predicted molar refractivity (Wildman–Crippen MR) is 84.0 cm³/mol. The van der Waals surface area contributed by atoms with Crippen molar-refractivity contribution >= 4 is 0 Å². The maximum Gasteiger partial charge on any atom is 0.0952 e. The van der Waals surface area contributed by atoms with E-state index < -0.39 is 0 Å². The lowest BCUT2D eigenvalue weighted by molar-refractivity contribution is 0.638. The summed E-state index contributed by atoms with van der Waals surface area (Å²) in [6.07, 6.45) is 5.88. The molecule has 1 heterocycles. The van der Waals surface area contributed by atoms with Gasteiger partial charge >= 0.3 is 0 Å². The number of rotatable bonds is 5. The van der Waals surface area contributed by atoms with Crippen molar-refractivity contribution in [1.82, 2.24) is 9.55 Å². The average Bonchev–Trinajstić information content (AvgIpc) is 2.81. The third-order valence-electron chi connectivity index (χ3n) is 3.86. The fourth-order valence-electron chi connectivity index (χ4n) is 2.65. The summed E-state index contributed by atoms with van der Waals surface area (Å²) in [5.74, 6) is 0. The first-order valence-corrected chi connectivity index (χ1v) is 7.32. The second-order valence-electron chi connectivity index (χ2n) is 5.79. The van der Waals surface area contributed by atoms with E-state index in [-0.39, 0.29) is 6.04 Å². The first-order valence-electron chi connectivity index (χ1n) is 7.32. The molecule has 3 nitrogen and oxygen atoms in total. The molecule has 0 aliphatic carbocycles. The molecule has 0 saturated heterocycles. The van der Waals surface area contributed by atoms with Crippen molar-refractivity contribution in [3.63, 3.8) is 0 Å². The van der Waals surface area contributed by atoms with Crippen molar-refractivity contribution in [3.8, 4) is 0 Å². The Kier molecular flexibility index (Phi) is 4.61. The van der Waals surface area contributed by atoms with Crippen LogP contribution < -0.4 is 5.73 Å². The Bertz CT molecular complexity index is 561. The van der Waals surface area contributed by atoms with Gasteiger partial charge < -0.3 is 10.3 Å². The minimum absolute atomic E-state index is 0.209. The van der Waals surface area contributed by atoms with Crippen LogP contribution in [0.5, 0.6) is 0 Å². The van der Waals surface area contributed by atoms with Crippen molar-refractivity contribution in [3.05, 3.63) is 52.6 Å². The fraction of sp³-hybridized carbons (Fsp3) is 0.471. The molecular formula is C17H25N3. The summed E-state index contributed by atoms with van der Waals surface area (Å²) in [5, 5.41) is 0. The highest BCUT2D eigenvalue weighted by molar-refractivity contribution is 5.37. The van der Waals surface area contributed by atoms with Gasteiger partial charge in [0.2, 0.25) is 0 Å². The summed E-state index contributed by atoms with van der Waals surface area (Å²) in [5.41, 5.74) is 12.5. The van der Waals surface area contributed by atoms with Crippen molar-refractivity contribution < 1.29 is 0 Å². The molecule has 0 aliphatic rings. The molecule has 3 heteroatoms. The van der Waals surface area contributed by atoms with Crippen LogP contribution in [0.15, 0.2) is 24.7 Å². The number of aryl methyl sites for hydroxylation is 3. The minimum atomic E-state index is 0.209. The molecular weight excluding hydrogens is 246 g/mol. The largest absolute Gasteiger partial charge is 0.333 e. The van der Waals surface area contributed by atoms with Crippen LogP contribution in [-0.4, -0.2) is 15.6 Å². The van der Waals surface area contributed by atoms with E-state index in [1.54, 1.807) is 0 Å². The van der Waals surface area contributed by atoms with Gasteiger partial charge in [-0.05, 0) is 43.9 Å². The maximum atomic E-state index is 5.98. The third-order valence-corrected chi connectivity index (χ3v) is 3.86.